The van der Waals surface area contributed by atoms with E-state index in [-0.39, 0.29) is 4.90 Å². The van der Waals surface area contributed by atoms with Gasteiger partial charge in [-0.3, -0.25) is 10.1 Å². The number of ether oxygens (including phenoxy) is 1. The summed E-state index contributed by atoms with van der Waals surface area (Å²) in [6.45, 7) is 9.56. The Morgan fingerprint density at radius 1 is 0.935 bits per heavy atom. The molecule has 0 fully saturated rings. The largest absolute Gasteiger partial charge is 0.444 e. The number of amides is 2. The molecular weight excluding hydrogens is 418 g/mol. The quantitative estimate of drug-likeness (QED) is 0.658. The summed E-state index contributed by atoms with van der Waals surface area (Å²) < 4.78 is 31.9. The number of benzene rings is 2. The van der Waals surface area contributed by atoms with Crippen molar-refractivity contribution in [1.29, 1.82) is 0 Å². The van der Waals surface area contributed by atoms with E-state index in [1.807, 2.05) is 0 Å². The molecule has 0 radical (unpaired) electrons. The Morgan fingerprint density at radius 3 is 2.10 bits per heavy atom. The Kier molecular flexibility index (Phi) is 7.80. The second kappa shape index (κ2) is 9.93. The lowest BCUT2D eigenvalue weighted by Gasteiger charge is -2.19. The van der Waals surface area contributed by atoms with Gasteiger partial charge in [-0.05, 0) is 63.2 Å². The van der Waals surface area contributed by atoms with Gasteiger partial charge in [-0.25, -0.2) is 13.2 Å². The second-order valence-electron chi connectivity index (χ2n) is 7.78. The van der Waals surface area contributed by atoms with Crippen molar-refractivity contribution in [2.24, 2.45) is 0 Å². The molecule has 2 N–H and O–H groups in total. The SMILES string of the molecule is CCN(CC)S(=O)(=O)c1cccc(NC(=O)c2ccc(NC(=O)OC(C)(C)C)cc2)c1. The first-order valence-electron chi connectivity index (χ1n) is 9.98. The molecule has 0 saturated carbocycles. The highest BCUT2D eigenvalue weighted by Gasteiger charge is 2.22. The smallest absolute Gasteiger partial charge is 0.412 e. The summed E-state index contributed by atoms with van der Waals surface area (Å²) in [4.78, 5) is 24.5. The van der Waals surface area contributed by atoms with E-state index >= 15 is 0 Å². The number of nitrogens with zero attached hydrogens (tertiary/aromatic N) is 1. The molecule has 0 aliphatic rings. The van der Waals surface area contributed by atoms with Gasteiger partial charge in [0.1, 0.15) is 5.60 Å². The maximum Gasteiger partial charge on any atom is 0.412 e. The summed E-state index contributed by atoms with van der Waals surface area (Å²) in [5.74, 6) is -0.402. The van der Waals surface area contributed by atoms with Crippen molar-refractivity contribution in [3.8, 4) is 0 Å². The lowest BCUT2D eigenvalue weighted by atomic mass is 10.2. The van der Waals surface area contributed by atoms with Gasteiger partial charge >= 0.3 is 6.09 Å². The Bertz CT molecular complexity index is 1020. The third-order valence-electron chi connectivity index (χ3n) is 4.23. The molecular formula is C22H29N3O5S. The molecule has 8 nitrogen and oxygen atoms in total. The number of hydrogen-bond acceptors (Lipinski definition) is 5. The maximum atomic E-state index is 12.7. The highest BCUT2D eigenvalue weighted by Crippen LogP contribution is 2.20. The van der Waals surface area contributed by atoms with Gasteiger partial charge in [-0.1, -0.05) is 19.9 Å². The zero-order chi connectivity index (χ0) is 23.2. The van der Waals surface area contributed by atoms with Gasteiger partial charge in [0.05, 0.1) is 4.90 Å². The van der Waals surface area contributed by atoms with E-state index in [0.29, 0.717) is 30.0 Å². The molecule has 0 atom stereocenters. The number of carbonyl (C=O) groups excluding carboxylic acids is 2. The van der Waals surface area contributed by atoms with Gasteiger partial charge in [0.25, 0.3) is 5.91 Å². The zero-order valence-electron chi connectivity index (χ0n) is 18.4. The Balaban J connectivity index is 2.10. The van der Waals surface area contributed by atoms with Crippen LogP contribution in [0.4, 0.5) is 16.2 Å². The lowest BCUT2D eigenvalue weighted by Crippen LogP contribution is -2.30. The van der Waals surface area contributed by atoms with Gasteiger partial charge in [-0.2, -0.15) is 4.31 Å². The lowest BCUT2D eigenvalue weighted by molar-refractivity contribution is 0.0635. The predicted molar refractivity (Wildman–Crippen MR) is 121 cm³/mol. The fourth-order valence-electron chi connectivity index (χ4n) is 2.78. The molecule has 0 saturated heterocycles. The third kappa shape index (κ3) is 6.80. The van der Waals surface area contributed by atoms with Crippen LogP contribution in [0.3, 0.4) is 0 Å². The summed E-state index contributed by atoms with van der Waals surface area (Å²) in [5.41, 5.74) is 0.594. The summed E-state index contributed by atoms with van der Waals surface area (Å²) in [6, 6.07) is 12.4. The minimum atomic E-state index is -3.62. The van der Waals surface area contributed by atoms with Crippen molar-refractivity contribution >= 4 is 33.4 Å². The zero-order valence-corrected chi connectivity index (χ0v) is 19.2. The minimum Gasteiger partial charge on any atom is -0.444 e. The normalized spacial score (nSPS) is 11.8. The van der Waals surface area contributed by atoms with Crippen LogP contribution in [0.5, 0.6) is 0 Å². The molecule has 2 aromatic carbocycles. The van der Waals surface area contributed by atoms with E-state index in [1.54, 1.807) is 71.0 Å². The van der Waals surface area contributed by atoms with Crippen molar-refractivity contribution in [3.63, 3.8) is 0 Å². The monoisotopic (exact) mass is 447 g/mol. The Hall–Kier alpha value is -2.91. The summed E-state index contributed by atoms with van der Waals surface area (Å²) in [5, 5.41) is 5.30. The molecule has 9 heteroatoms. The minimum absolute atomic E-state index is 0.117. The summed E-state index contributed by atoms with van der Waals surface area (Å²) >= 11 is 0. The van der Waals surface area contributed by atoms with E-state index < -0.39 is 27.6 Å². The highest BCUT2D eigenvalue weighted by molar-refractivity contribution is 7.89. The molecule has 0 aliphatic carbocycles. The highest BCUT2D eigenvalue weighted by atomic mass is 32.2. The number of anilines is 2. The van der Waals surface area contributed by atoms with Crippen LogP contribution in [-0.4, -0.2) is 43.4 Å². The van der Waals surface area contributed by atoms with E-state index in [2.05, 4.69) is 10.6 Å². The average Bonchev–Trinajstić information content (AvgIpc) is 2.68. The van der Waals surface area contributed by atoms with Gasteiger partial charge in [0, 0.05) is 30.0 Å². The second-order valence-corrected chi connectivity index (χ2v) is 9.71. The Morgan fingerprint density at radius 2 is 1.55 bits per heavy atom. The van der Waals surface area contributed by atoms with Crippen molar-refractivity contribution < 1.29 is 22.7 Å². The van der Waals surface area contributed by atoms with Crippen LogP contribution in [0.15, 0.2) is 53.4 Å². The van der Waals surface area contributed by atoms with Gasteiger partial charge in [-0.15, -0.1) is 0 Å². The van der Waals surface area contributed by atoms with Gasteiger partial charge in [0.2, 0.25) is 10.0 Å². The maximum absolute atomic E-state index is 12.7. The first kappa shape index (κ1) is 24.4. The number of carbonyl (C=O) groups is 2. The summed E-state index contributed by atoms with van der Waals surface area (Å²) in [6.07, 6.45) is -0.587. The Labute approximate surface area is 183 Å². The molecule has 2 rings (SSSR count). The molecule has 0 heterocycles. The molecule has 0 unspecified atom stereocenters. The molecule has 2 amide bonds. The van der Waals surface area contributed by atoms with Gasteiger partial charge < -0.3 is 10.1 Å². The topological polar surface area (TPSA) is 105 Å². The van der Waals surface area contributed by atoms with Crippen LogP contribution < -0.4 is 10.6 Å². The number of rotatable bonds is 7. The molecule has 0 bridgehead atoms. The van der Waals surface area contributed by atoms with E-state index in [0.717, 1.165) is 0 Å². The van der Waals surface area contributed by atoms with Crippen LogP contribution in [0.1, 0.15) is 45.0 Å². The average molecular weight is 448 g/mol. The molecule has 31 heavy (non-hydrogen) atoms. The van der Waals surface area contributed by atoms with Gasteiger partial charge in [0.15, 0.2) is 0 Å². The van der Waals surface area contributed by atoms with Crippen LogP contribution >= 0.6 is 0 Å². The fourth-order valence-corrected chi connectivity index (χ4v) is 4.28. The molecule has 2 aromatic rings. The first-order chi connectivity index (χ1) is 14.5. The van der Waals surface area contributed by atoms with E-state index in [4.69, 9.17) is 4.74 Å². The molecule has 0 spiro atoms. The predicted octanol–water partition coefficient (Wildman–Crippen LogP) is 4.32. The van der Waals surface area contributed by atoms with Crippen molar-refractivity contribution in [2.75, 3.05) is 23.7 Å². The van der Waals surface area contributed by atoms with Crippen LogP contribution in [-0.2, 0) is 14.8 Å². The number of hydrogen-bond donors (Lipinski definition) is 2. The molecule has 0 aromatic heterocycles. The van der Waals surface area contributed by atoms with E-state index in [9.17, 15) is 18.0 Å². The van der Waals surface area contributed by atoms with E-state index in [1.165, 1.54) is 16.4 Å². The third-order valence-corrected chi connectivity index (χ3v) is 6.27. The number of sulfonamides is 1. The fraction of sp³-hybridized carbons (Fsp3) is 0.364. The molecule has 168 valence electrons. The summed E-state index contributed by atoms with van der Waals surface area (Å²) in [7, 11) is -3.62. The van der Waals surface area contributed by atoms with Crippen LogP contribution in [0, 0.1) is 0 Å². The van der Waals surface area contributed by atoms with Crippen molar-refractivity contribution in [1.82, 2.24) is 4.31 Å². The van der Waals surface area contributed by atoms with Crippen LogP contribution in [0.25, 0.3) is 0 Å². The van der Waals surface area contributed by atoms with Crippen molar-refractivity contribution in [3.05, 3.63) is 54.1 Å². The molecule has 0 aliphatic heterocycles. The van der Waals surface area contributed by atoms with Crippen molar-refractivity contribution in [2.45, 2.75) is 45.1 Å². The number of nitrogens with one attached hydrogen (secondary N) is 2. The first-order valence-corrected chi connectivity index (χ1v) is 11.4. The van der Waals surface area contributed by atoms with Crippen LogP contribution in [0.2, 0.25) is 0 Å². The standard InChI is InChI=1S/C22H29N3O5S/c1-6-25(7-2)31(28,29)19-10-8-9-18(15-19)23-20(26)16-11-13-17(14-12-16)24-21(27)30-22(3,4)5/h8-15H,6-7H2,1-5H3,(H,23,26)(H,24,27).